The number of allylic oxidation sites excluding steroid dienone is 5. The molecule has 5 heteroatoms. The Hall–Kier alpha value is -3.34. The van der Waals surface area contributed by atoms with Gasteiger partial charge in [-0.25, -0.2) is 23.5 Å². The maximum Gasteiger partial charge on any atom is 0.348 e. The second-order valence-corrected chi connectivity index (χ2v) is 13.2. The van der Waals surface area contributed by atoms with Gasteiger partial charge < -0.3 is 0 Å². The van der Waals surface area contributed by atoms with Gasteiger partial charge in [0.1, 0.15) is 0 Å². The minimum absolute atomic E-state index is 0.0439. The van der Waals surface area contributed by atoms with E-state index >= 15 is 0 Å². The Bertz CT molecular complexity index is 1800. The minimum Gasteiger partial charge on any atom is -0.246 e. The smallest absolute Gasteiger partial charge is 0.246 e. The van der Waals surface area contributed by atoms with Crippen LogP contribution in [0.15, 0.2) is 76.4 Å². The highest BCUT2D eigenvalue weighted by Gasteiger charge is 2.70. The van der Waals surface area contributed by atoms with Crippen LogP contribution in [0.1, 0.15) is 69.3 Å². The molecule has 0 spiro atoms. The van der Waals surface area contributed by atoms with E-state index in [1.165, 1.54) is 28.3 Å². The number of hydrogen-bond donors (Lipinski definition) is 0. The van der Waals surface area contributed by atoms with Crippen LogP contribution in [-0.4, -0.2) is 13.9 Å². The van der Waals surface area contributed by atoms with Crippen LogP contribution < -0.4 is 11.4 Å². The van der Waals surface area contributed by atoms with Crippen molar-refractivity contribution in [2.75, 3.05) is 0 Å². The number of hydrogen-bond acceptors (Lipinski definition) is 2. The third-order valence-corrected chi connectivity index (χ3v) is 12.3. The lowest BCUT2D eigenvalue weighted by Crippen LogP contribution is -2.66. The lowest BCUT2D eigenvalue weighted by molar-refractivity contribution is 0.0448. The molecule has 7 aliphatic rings. The molecule has 10 rings (SSSR count). The van der Waals surface area contributed by atoms with Crippen LogP contribution in [0, 0.1) is 22.2 Å². The lowest BCUT2D eigenvalue weighted by Gasteiger charge is -2.65. The van der Waals surface area contributed by atoms with Crippen LogP contribution in [0.4, 0.5) is 0 Å². The van der Waals surface area contributed by atoms with E-state index in [9.17, 15) is 9.59 Å². The fourth-order valence-electron chi connectivity index (χ4n) is 9.90. The molecule has 4 bridgehead atoms. The summed E-state index contributed by atoms with van der Waals surface area (Å²) in [6.07, 6.45) is 16.7. The first kappa shape index (κ1) is 20.7. The molecule has 5 aliphatic carbocycles. The molecule has 7 atom stereocenters. The fourth-order valence-corrected chi connectivity index (χ4v) is 9.90. The summed E-state index contributed by atoms with van der Waals surface area (Å²) in [6.45, 7) is 7.01. The Morgan fingerprint density at radius 2 is 1.62 bits per heavy atom. The summed E-state index contributed by atoms with van der Waals surface area (Å²) in [7, 11) is 0. The molecule has 2 aromatic carbocycles. The van der Waals surface area contributed by atoms with Crippen LogP contribution in [-0.2, 0) is 5.41 Å². The van der Waals surface area contributed by atoms with Crippen molar-refractivity contribution >= 4 is 16.8 Å². The van der Waals surface area contributed by atoms with Gasteiger partial charge in [0.2, 0.25) is 0 Å². The Kier molecular flexibility index (Phi) is 3.28. The van der Waals surface area contributed by atoms with E-state index in [0.717, 1.165) is 12.8 Å². The van der Waals surface area contributed by atoms with Gasteiger partial charge in [-0.1, -0.05) is 93.6 Å². The summed E-state index contributed by atoms with van der Waals surface area (Å²) < 4.78 is 5.32. The highest BCUT2D eigenvalue weighted by Crippen LogP contribution is 2.72. The Morgan fingerprint density at radius 1 is 0.865 bits per heavy atom. The second-order valence-electron chi connectivity index (χ2n) is 13.2. The molecule has 0 unspecified atom stereocenters. The molecule has 5 nitrogen and oxygen atoms in total. The third-order valence-electron chi connectivity index (χ3n) is 12.3. The van der Waals surface area contributed by atoms with E-state index in [1.807, 2.05) is 9.36 Å². The zero-order valence-electron chi connectivity index (χ0n) is 21.5. The highest BCUT2D eigenvalue weighted by atomic mass is 16.2. The molecule has 0 radical (unpaired) electrons. The molecule has 37 heavy (non-hydrogen) atoms. The fraction of sp³-hybridized carbons (Fsp3) is 0.438. The first-order valence-electron chi connectivity index (χ1n) is 13.8. The SMILES string of the molecule is CC1(C)[C@H]2CC[C@@]1(C)[C@H](n1c(=O)n3n(c1=O)[C@H]1C=C[C@H]3[C@@]34C=Cc5ccc6ccccc6c5[C@]13C=C4)C2. The molecule has 1 aromatic heterocycles. The molecule has 0 saturated heterocycles. The Labute approximate surface area is 215 Å². The average Bonchev–Trinajstić information content (AvgIpc) is 3.36. The normalized spacial score (nSPS) is 40.4. The van der Waals surface area contributed by atoms with Crippen molar-refractivity contribution in [2.45, 2.75) is 63.6 Å². The monoisotopic (exact) mass is 489 g/mol. The number of rotatable bonds is 1. The molecule has 2 fully saturated rings. The summed E-state index contributed by atoms with van der Waals surface area (Å²) in [5, 5.41) is 2.45. The summed E-state index contributed by atoms with van der Waals surface area (Å²) in [6, 6.07) is 12.5. The van der Waals surface area contributed by atoms with Crippen LogP contribution in [0.25, 0.3) is 16.8 Å². The van der Waals surface area contributed by atoms with Crippen molar-refractivity contribution in [3.05, 3.63) is 98.9 Å². The largest absolute Gasteiger partial charge is 0.348 e. The quantitative estimate of drug-likeness (QED) is 0.422. The van der Waals surface area contributed by atoms with Crippen LogP contribution >= 0.6 is 0 Å². The van der Waals surface area contributed by atoms with E-state index in [2.05, 4.69) is 93.6 Å². The molecule has 2 aliphatic heterocycles. The van der Waals surface area contributed by atoms with Gasteiger partial charge in [0.05, 0.1) is 17.5 Å². The molecule has 3 heterocycles. The van der Waals surface area contributed by atoms with Gasteiger partial charge in [-0.3, -0.25) is 0 Å². The van der Waals surface area contributed by atoms with Crippen molar-refractivity contribution < 1.29 is 0 Å². The van der Waals surface area contributed by atoms with Gasteiger partial charge >= 0.3 is 11.4 Å². The maximum atomic E-state index is 14.4. The van der Waals surface area contributed by atoms with E-state index < -0.39 is 0 Å². The first-order chi connectivity index (χ1) is 17.8. The molecular weight excluding hydrogens is 458 g/mol. The summed E-state index contributed by atoms with van der Waals surface area (Å²) >= 11 is 0. The number of benzene rings is 2. The third kappa shape index (κ3) is 1.85. The minimum atomic E-state index is -0.377. The summed E-state index contributed by atoms with van der Waals surface area (Å²) in [4.78, 5) is 28.7. The Morgan fingerprint density at radius 3 is 2.32 bits per heavy atom. The average molecular weight is 490 g/mol. The number of fused-ring (bicyclic) bond motifs is 5. The molecule has 2 saturated carbocycles. The van der Waals surface area contributed by atoms with Crippen molar-refractivity contribution in [1.29, 1.82) is 0 Å². The number of nitrogens with zero attached hydrogens (tertiary/aromatic N) is 3. The zero-order chi connectivity index (χ0) is 25.1. The van der Waals surface area contributed by atoms with Crippen molar-refractivity contribution in [1.82, 2.24) is 13.9 Å². The number of aromatic nitrogens is 3. The predicted molar refractivity (Wildman–Crippen MR) is 145 cm³/mol. The molecule has 0 amide bonds. The first-order valence-corrected chi connectivity index (χ1v) is 13.8. The zero-order valence-corrected chi connectivity index (χ0v) is 21.5. The van der Waals surface area contributed by atoms with Gasteiger partial charge in [0, 0.05) is 11.5 Å². The van der Waals surface area contributed by atoms with Crippen molar-refractivity contribution in [3.8, 4) is 0 Å². The summed E-state index contributed by atoms with van der Waals surface area (Å²) in [5.41, 5.74) is 1.61. The van der Waals surface area contributed by atoms with Gasteiger partial charge in [0.25, 0.3) is 0 Å². The maximum absolute atomic E-state index is 14.4. The van der Waals surface area contributed by atoms with Gasteiger partial charge in [-0.2, -0.15) is 0 Å². The second kappa shape index (κ2) is 5.87. The van der Waals surface area contributed by atoms with Gasteiger partial charge in [-0.05, 0) is 57.9 Å². The van der Waals surface area contributed by atoms with E-state index in [0.29, 0.717) is 5.92 Å². The van der Waals surface area contributed by atoms with E-state index in [1.54, 1.807) is 4.57 Å². The van der Waals surface area contributed by atoms with Crippen molar-refractivity contribution in [3.63, 3.8) is 0 Å². The molecular formula is C32H31N3O2. The predicted octanol–water partition coefficient (Wildman–Crippen LogP) is 5.54. The van der Waals surface area contributed by atoms with Gasteiger partial charge in [-0.15, -0.1) is 0 Å². The lowest BCUT2D eigenvalue weighted by atomic mass is 9.42. The highest BCUT2D eigenvalue weighted by molar-refractivity contribution is 5.93. The van der Waals surface area contributed by atoms with Crippen molar-refractivity contribution in [2.24, 2.45) is 22.2 Å². The van der Waals surface area contributed by atoms with Crippen LogP contribution in [0.5, 0.6) is 0 Å². The van der Waals surface area contributed by atoms with E-state index in [-0.39, 0.29) is 51.2 Å². The van der Waals surface area contributed by atoms with Crippen LogP contribution in [0.2, 0.25) is 0 Å². The molecule has 186 valence electrons. The van der Waals surface area contributed by atoms with Gasteiger partial charge in [0.15, 0.2) is 0 Å². The standard InChI is InChI=1S/C32H31N3O2/c1-29(2)21-13-14-30(29,3)25(18-21)33-27(36)34-23-10-11-24(35(34)28(33)37)32-17-16-31(23,32)15-12-20-9-8-19-6-4-5-7-22(19)26(20)32/h4-12,15-17,21,23-25H,13-14,18H2,1-3H3/t21-,23-,24-,25+,30-,31-,32-/m0/s1. The summed E-state index contributed by atoms with van der Waals surface area (Å²) in [5.74, 6) is 0.560. The van der Waals surface area contributed by atoms with Crippen LogP contribution in [0.3, 0.4) is 0 Å². The topological polar surface area (TPSA) is 48.9 Å². The Balaban J connectivity index is 1.33. The molecule has 3 aromatic rings. The molecule has 0 N–H and O–H groups in total. The van der Waals surface area contributed by atoms with E-state index in [4.69, 9.17) is 0 Å².